The first-order chi connectivity index (χ1) is 12.1. The van der Waals surface area contributed by atoms with Crippen LogP contribution in [0.4, 0.5) is 5.69 Å². The van der Waals surface area contributed by atoms with E-state index in [1.54, 1.807) is 6.07 Å². The van der Waals surface area contributed by atoms with Crippen LogP contribution >= 0.6 is 11.6 Å². The quantitative estimate of drug-likeness (QED) is 0.586. The average Bonchev–Trinajstić information content (AvgIpc) is 2.60. The van der Waals surface area contributed by atoms with Crippen LogP contribution in [-0.4, -0.2) is 12.5 Å². The fourth-order valence-electron chi connectivity index (χ4n) is 2.68. The van der Waals surface area contributed by atoms with Gasteiger partial charge in [0.25, 0.3) is 0 Å². The van der Waals surface area contributed by atoms with E-state index in [2.05, 4.69) is 11.4 Å². The van der Waals surface area contributed by atoms with Gasteiger partial charge in [-0.1, -0.05) is 41.9 Å². The number of hydrogen-bond donors (Lipinski definition) is 1. The lowest BCUT2D eigenvalue weighted by Gasteiger charge is -2.10. The lowest BCUT2D eigenvalue weighted by molar-refractivity contribution is -0.116. The van der Waals surface area contributed by atoms with Crippen LogP contribution in [0, 0.1) is 6.92 Å². The largest absolute Gasteiger partial charge is 0.493 e. The van der Waals surface area contributed by atoms with Crippen LogP contribution in [0.25, 0.3) is 10.8 Å². The van der Waals surface area contributed by atoms with Crippen LogP contribution in [0.15, 0.2) is 60.7 Å². The number of ether oxygens (including phenoxy) is 1. The Hall–Kier alpha value is -2.52. The smallest absolute Gasteiger partial charge is 0.224 e. The number of hydrogen-bond acceptors (Lipinski definition) is 2. The number of amides is 1. The van der Waals surface area contributed by atoms with Crippen molar-refractivity contribution in [2.24, 2.45) is 0 Å². The molecule has 0 unspecified atom stereocenters. The highest BCUT2D eigenvalue weighted by Crippen LogP contribution is 2.22. The Balaban J connectivity index is 1.47. The number of benzene rings is 3. The molecule has 25 heavy (non-hydrogen) atoms. The average molecular weight is 354 g/mol. The Bertz CT molecular complexity index is 892. The first-order valence-corrected chi connectivity index (χ1v) is 8.67. The Labute approximate surface area is 152 Å². The van der Waals surface area contributed by atoms with Gasteiger partial charge < -0.3 is 10.1 Å². The molecule has 0 atom stereocenters. The van der Waals surface area contributed by atoms with Gasteiger partial charge in [-0.25, -0.2) is 0 Å². The number of nitrogens with one attached hydrogen (secondary N) is 1. The van der Waals surface area contributed by atoms with E-state index in [9.17, 15) is 4.79 Å². The zero-order valence-corrected chi connectivity index (χ0v) is 14.8. The topological polar surface area (TPSA) is 38.3 Å². The summed E-state index contributed by atoms with van der Waals surface area (Å²) in [5.74, 6) is 0.797. The second-order valence-corrected chi connectivity index (χ2v) is 6.41. The Morgan fingerprint density at radius 3 is 2.64 bits per heavy atom. The fourth-order valence-corrected chi connectivity index (χ4v) is 2.91. The maximum absolute atomic E-state index is 12.1. The molecule has 0 aliphatic carbocycles. The third-order valence-electron chi connectivity index (χ3n) is 3.98. The molecule has 0 aliphatic heterocycles. The summed E-state index contributed by atoms with van der Waals surface area (Å²) in [6.07, 6.45) is 1.07. The van der Waals surface area contributed by atoms with Gasteiger partial charge >= 0.3 is 0 Å². The third-order valence-corrected chi connectivity index (χ3v) is 4.21. The second-order valence-electron chi connectivity index (χ2n) is 5.97. The Morgan fingerprint density at radius 1 is 1.04 bits per heavy atom. The molecule has 3 aromatic rings. The van der Waals surface area contributed by atoms with E-state index in [0.29, 0.717) is 24.5 Å². The van der Waals surface area contributed by atoms with E-state index < -0.39 is 0 Å². The summed E-state index contributed by atoms with van der Waals surface area (Å²) in [6, 6.07) is 19.5. The van der Waals surface area contributed by atoms with E-state index in [1.807, 2.05) is 55.5 Å². The van der Waals surface area contributed by atoms with Gasteiger partial charge in [0.2, 0.25) is 5.91 Å². The Kier molecular flexibility index (Phi) is 5.56. The summed E-state index contributed by atoms with van der Waals surface area (Å²) in [4.78, 5) is 12.1. The van der Waals surface area contributed by atoms with Crippen molar-refractivity contribution >= 4 is 34.0 Å². The molecular weight excluding hydrogens is 334 g/mol. The number of aryl methyl sites for hydroxylation is 1. The fraction of sp³-hybridized carbons (Fsp3) is 0.190. The molecule has 0 fully saturated rings. The van der Waals surface area contributed by atoms with Crippen molar-refractivity contribution in [2.75, 3.05) is 11.9 Å². The van der Waals surface area contributed by atoms with E-state index in [1.165, 1.54) is 0 Å². The highest BCUT2D eigenvalue weighted by atomic mass is 35.5. The summed E-state index contributed by atoms with van der Waals surface area (Å²) in [5, 5.41) is 5.91. The molecule has 0 spiro atoms. The molecule has 0 radical (unpaired) electrons. The van der Waals surface area contributed by atoms with Gasteiger partial charge in [0.05, 0.1) is 6.61 Å². The van der Waals surface area contributed by atoms with Crippen molar-refractivity contribution in [3.63, 3.8) is 0 Å². The molecule has 1 amide bonds. The summed E-state index contributed by atoms with van der Waals surface area (Å²) in [7, 11) is 0. The van der Waals surface area contributed by atoms with Crippen LogP contribution < -0.4 is 10.1 Å². The molecule has 4 heteroatoms. The van der Waals surface area contributed by atoms with Crippen LogP contribution in [0.3, 0.4) is 0 Å². The van der Waals surface area contributed by atoms with Crippen molar-refractivity contribution in [2.45, 2.75) is 19.8 Å². The normalized spacial score (nSPS) is 10.6. The zero-order valence-electron chi connectivity index (χ0n) is 14.1. The van der Waals surface area contributed by atoms with Gasteiger partial charge in [-0.2, -0.15) is 0 Å². The van der Waals surface area contributed by atoms with Crippen LogP contribution in [0.5, 0.6) is 5.75 Å². The van der Waals surface area contributed by atoms with E-state index >= 15 is 0 Å². The van der Waals surface area contributed by atoms with Crippen molar-refractivity contribution in [3.05, 3.63) is 71.2 Å². The molecule has 0 heterocycles. The van der Waals surface area contributed by atoms with Crippen LogP contribution in [-0.2, 0) is 4.79 Å². The van der Waals surface area contributed by atoms with Crippen molar-refractivity contribution in [1.82, 2.24) is 0 Å². The molecule has 3 aromatic carbocycles. The standard InChI is InChI=1S/C21H20ClNO2/c1-15-13-18(22)9-11-20(15)25-12-4-7-21(24)23-19-10-8-16-5-2-3-6-17(16)14-19/h2-3,5-6,8-11,13-14H,4,7,12H2,1H3,(H,23,24). The first kappa shape index (κ1) is 17.3. The molecule has 0 aliphatic rings. The van der Waals surface area contributed by atoms with Gasteiger partial charge in [-0.15, -0.1) is 0 Å². The molecule has 128 valence electrons. The predicted molar refractivity (Wildman–Crippen MR) is 103 cm³/mol. The summed E-state index contributed by atoms with van der Waals surface area (Å²) >= 11 is 5.92. The van der Waals surface area contributed by atoms with Gasteiger partial charge in [-0.05, 0) is 60.0 Å². The zero-order chi connectivity index (χ0) is 17.6. The van der Waals surface area contributed by atoms with E-state index in [0.717, 1.165) is 27.8 Å². The highest BCUT2D eigenvalue weighted by molar-refractivity contribution is 6.30. The van der Waals surface area contributed by atoms with Gasteiger partial charge in [0.1, 0.15) is 5.75 Å². The predicted octanol–water partition coefficient (Wildman–Crippen LogP) is 5.60. The lowest BCUT2D eigenvalue weighted by Crippen LogP contribution is -2.12. The van der Waals surface area contributed by atoms with E-state index in [4.69, 9.17) is 16.3 Å². The van der Waals surface area contributed by atoms with Crippen LogP contribution in [0.2, 0.25) is 5.02 Å². The number of rotatable bonds is 6. The van der Waals surface area contributed by atoms with E-state index in [-0.39, 0.29) is 5.91 Å². The Morgan fingerprint density at radius 2 is 1.84 bits per heavy atom. The highest BCUT2D eigenvalue weighted by Gasteiger charge is 2.05. The lowest BCUT2D eigenvalue weighted by atomic mass is 10.1. The molecular formula is C21H20ClNO2. The number of carbonyl (C=O) groups excluding carboxylic acids is 1. The third kappa shape index (κ3) is 4.74. The minimum atomic E-state index is -0.00768. The summed E-state index contributed by atoms with van der Waals surface area (Å²) in [6.45, 7) is 2.45. The minimum Gasteiger partial charge on any atom is -0.493 e. The van der Waals surface area contributed by atoms with Crippen molar-refractivity contribution in [3.8, 4) is 5.75 Å². The molecule has 0 saturated heterocycles. The molecule has 3 rings (SSSR count). The van der Waals surface area contributed by atoms with Gasteiger partial charge in [0, 0.05) is 17.1 Å². The molecule has 3 nitrogen and oxygen atoms in total. The SMILES string of the molecule is Cc1cc(Cl)ccc1OCCCC(=O)Nc1ccc2ccccc2c1. The summed E-state index contributed by atoms with van der Waals surface area (Å²) in [5.41, 5.74) is 1.81. The number of anilines is 1. The van der Waals surface area contributed by atoms with Crippen molar-refractivity contribution in [1.29, 1.82) is 0 Å². The molecule has 0 bridgehead atoms. The minimum absolute atomic E-state index is 0.00768. The van der Waals surface area contributed by atoms with Crippen LogP contribution in [0.1, 0.15) is 18.4 Å². The van der Waals surface area contributed by atoms with Gasteiger partial charge in [-0.3, -0.25) is 4.79 Å². The molecule has 1 N–H and O–H groups in total. The number of fused-ring (bicyclic) bond motifs is 1. The molecule has 0 aromatic heterocycles. The second kappa shape index (κ2) is 8.04. The molecule has 0 saturated carbocycles. The number of carbonyl (C=O) groups is 1. The van der Waals surface area contributed by atoms with Crippen molar-refractivity contribution < 1.29 is 9.53 Å². The number of halogens is 1. The maximum atomic E-state index is 12.1. The summed E-state index contributed by atoms with van der Waals surface area (Å²) < 4.78 is 5.71. The van der Waals surface area contributed by atoms with Gasteiger partial charge in [0.15, 0.2) is 0 Å². The monoisotopic (exact) mass is 353 g/mol. The maximum Gasteiger partial charge on any atom is 0.224 e. The first-order valence-electron chi connectivity index (χ1n) is 8.29.